The molecule has 2 aliphatic rings. The lowest BCUT2D eigenvalue weighted by atomic mass is 9.99. The van der Waals surface area contributed by atoms with Crippen molar-refractivity contribution in [3.8, 4) is 5.75 Å². The highest BCUT2D eigenvalue weighted by Crippen LogP contribution is 2.36. The van der Waals surface area contributed by atoms with E-state index in [1.165, 1.54) is 11.1 Å². The fraction of sp³-hybridized carbons (Fsp3) is 0.476. The van der Waals surface area contributed by atoms with Crippen LogP contribution in [0.25, 0.3) is 11.0 Å². The number of nitrogens with one attached hydrogen (secondary N) is 1. The Balaban J connectivity index is 1.37. The smallest absolute Gasteiger partial charge is 0.143 e. The van der Waals surface area contributed by atoms with Gasteiger partial charge in [0, 0.05) is 41.8 Å². The molecule has 6 heteroatoms. The van der Waals surface area contributed by atoms with Crippen molar-refractivity contribution in [3.63, 3.8) is 0 Å². The summed E-state index contributed by atoms with van der Waals surface area (Å²) in [7, 11) is 0. The van der Waals surface area contributed by atoms with Crippen LogP contribution in [-0.2, 0) is 13.0 Å². The Bertz CT molecular complexity index is 996. The highest BCUT2D eigenvalue weighted by molar-refractivity contribution is 5.78. The van der Waals surface area contributed by atoms with Crippen LogP contribution in [0.1, 0.15) is 47.8 Å². The molecule has 1 N–H and O–H groups in total. The number of aryl methyl sites for hydroxylation is 2. The maximum Gasteiger partial charge on any atom is 0.143 e. The van der Waals surface area contributed by atoms with E-state index in [0.717, 1.165) is 66.9 Å². The Kier molecular flexibility index (Phi) is 4.08. The van der Waals surface area contributed by atoms with Gasteiger partial charge in [-0.15, -0.1) is 0 Å². The van der Waals surface area contributed by atoms with Crippen LogP contribution in [0.4, 0.5) is 0 Å². The van der Waals surface area contributed by atoms with E-state index in [1.807, 2.05) is 13.1 Å². The summed E-state index contributed by atoms with van der Waals surface area (Å²) in [5.41, 5.74) is 5.87. The van der Waals surface area contributed by atoms with Crippen LogP contribution in [0.5, 0.6) is 5.75 Å². The van der Waals surface area contributed by atoms with Gasteiger partial charge in [0.05, 0.1) is 11.9 Å². The first-order valence-corrected chi connectivity index (χ1v) is 9.83. The predicted molar refractivity (Wildman–Crippen MR) is 104 cm³/mol. The van der Waals surface area contributed by atoms with Gasteiger partial charge in [0.2, 0.25) is 0 Å². The largest absolute Gasteiger partial charge is 0.488 e. The third-order valence-electron chi connectivity index (χ3n) is 6.08. The van der Waals surface area contributed by atoms with Gasteiger partial charge >= 0.3 is 0 Å². The first-order chi connectivity index (χ1) is 13.2. The minimum absolute atomic E-state index is 0.228. The van der Waals surface area contributed by atoms with Gasteiger partial charge < -0.3 is 14.6 Å². The number of hydrogen-bond donors (Lipinski definition) is 1. The molecule has 0 amide bonds. The maximum absolute atomic E-state index is 6.44. The summed E-state index contributed by atoms with van der Waals surface area (Å²) in [5, 5.41) is 4.61. The summed E-state index contributed by atoms with van der Waals surface area (Å²) in [5.74, 6) is 0.962. The summed E-state index contributed by atoms with van der Waals surface area (Å²) < 4.78 is 8.75. The van der Waals surface area contributed by atoms with Gasteiger partial charge in [0.15, 0.2) is 0 Å². The standard InChI is InChI=1S/C21H25N5O/c1-13-17-5-7-22-10-19(17)20(11-23-13)27-16-4-3-15(9-16)26-8-6-18-14(2)24-12-25-21(18)26/h6,8,11-12,15-16,22H,3-5,7,9-10H2,1-2H3. The monoisotopic (exact) mass is 363 g/mol. The zero-order chi connectivity index (χ0) is 18.4. The summed E-state index contributed by atoms with van der Waals surface area (Å²) in [6, 6.07) is 2.55. The van der Waals surface area contributed by atoms with Gasteiger partial charge in [-0.25, -0.2) is 9.97 Å². The van der Waals surface area contributed by atoms with Gasteiger partial charge in [-0.05, 0) is 51.3 Å². The number of nitrogens with zero attached hydrogens (tertiary/aromatic N) is 4. The molecule has 3 aromatic rings. The molecule has 1 saturated carbocycles. The molecule has 27 heavy (non-hydrogen) atoms. The van der Waals surface area contributed by atoms with Crippen molar-refractivity contribution < 1.29 is 4.74 Å². The van der Waals surface area contributed by atoms with E-state index in [9.17, 15) is 0 Å². The summed E-state index contributed by atoms with van der Waals surface area (Å²) in [4.78, 5) is 13.4. The highest BCUT2D eigenvalue weighted by atomic mass is 16.5. The Morgan fingerprint density at radius 1 is 1.11 bits per heavy atom. The minimum Gasteiger partial charge on any atom is -0.488 e. The highest BCUT2D eigenvalue weighted by Gasteiger charge is 2.29. The van der Waals surface area contributed by atoms with E-state index in [-0.39, 0.29) is 6.10 Å². The first-order valence-electron chi connectivity index (χ1n) is 9.83. The zero-order valence-corrected chi connectivity index (χ0v) is 15.9. The molecule has 2 atom stereocenters. The van der Waals surface area contributed by atoms with Crippen molar-refractivity contribution in [2.45, 2.75) is 58.2 Å². The van der Waals surface area contributed by atoms with Crippen molar-refractivity contribution in [2.75, 3.05) is 6.54 Å². The SMILES string of the molecule is Cc1ncc(OC2CCC(n3ccc4c(C)ncnc43)C2)c2c1CCNC2. The maximum atomic E-state index is 6.44. The van der Waals surface area contributed by atoms with Crippen LogP contribution in [0.3, 0.4) is 0 Å². The van der Waals surface area contributed by atoms with E-state index in [1.54, 1.807) is 6.33 Å². The number of fused-ring (bicyclic) bond motifs is 2. The van der Waals surface area contributed by atoms with Gasteiger partial charge in [0.25, 0.3) is 0 Å². The summed E-state index contributed by atoms with van der Waals surface area (Å²) in [6.45, 7) is 6.03. The number of ether oxygens (including phenoxy) is 1. The van der Waals surface area contributed by atoms with Crippen LogP contribution >= 0.6 is 0 Å². The van der Waals surface area contributed by atoms with Crippen LogP contribution in [0.2, 0.25) is 0 Å². The van der Waals surface area contributed by atoms with Gasteiger partial charge in [-0.3, -0.25) is 4.98 Å². The number of hydrogen-bond acceptors (Lipinski definition) is 5. The molecule has 0 saturated heterocycles. The lowest BCUT2D eigenvalue weighted by Gasteiger charge is -2.24. The molecular weight excluding hydrogens is 338 g/mol. The molecule has 1 aliphatic heterocycles. The molecule has 2 unspecified atom stereocenters. The second-order valence-corrected chi connectivity index (χ2v) is 7.72. The molecule has 0 spiro atoms. The quantitative estimate of drug-likeness (QED) is 0.774. The van der Waals surface area contributed by atoms with Crippen molar-refractivity contribution >= 4 is 11.0 Å². The van der Waals surface area contributed by atoms with E-state index >= 15 is 0 Å². The van der Waals surface area contributed by atoms with E-state index in [4.69, 9.17) is 4.74 Å². The van der Waals surface area contributed by atoms with Crippen molar-refractivity contribution in [3.05, 3.63) is 47.3 Å². The van der Waals surface area contributed by atoms with Crippen LogP contribution in [-0.4, -0.2) is 32.2 Å². The molecular formula is C21H25N5O. The van der Waals surface area contributed by atoms with Crippen molar-refractivity contribution in [1.29, 1.82) is 0 Å². The predicted octanol–water partition coefficient (Wildman–Crippen LogP) is 3.26. The van der Waals surface area contributed by atoms with E-state index in [0.29, 0.717) is 6.04 Å². The van der Waals surface area contributed by atoms with Crippen LogP contribution < -0.4 is 10.1 Å². The summed E-state index contributed by atoms with van der Waals surface area (Å²) in [6.07, 6.45) is 10.2. The molecule has 3 aromatic heterocycles. The van der Waals surface area contributed by atoms with Gasteiger partial charge in [-0.2, -0.15) is 0 Å². The van der Waals surface area contributed by atoms with E-state index < -0.39 is 0 Å². The van der Waals surface area contributed by atoms with Crippen LogP contribution in [0, 0.1) is 13.8 Å². The first kappa shape index (κ1) is 16.7. The van der Waals surface area contributed by atoms with Gasteiger partial charge in [-0.1, -0.05) is 0 Å². The average molecular weight is 363 g/mol. The van der Waals surface area contributed by atoms with E-state index in [2.05, 4.69) is 44.0 Å². The molecule has 140 valence electrons. The fourth-order valence-electron chi connectivity index (χ4n) is 4.58. The Hall–Kier alpha value is -2.47. The number of pyridine rings is 1. The second kappa shape index (κ2) is 6.60. The number of rotatable bonds is 3. The lowest BCUT2D eigenvalue weighted by Crippen LogP contribution is -2.26. The molecule has 0 aromatic carbocycles. The Labute approximate surface area is 159 Å². The number of aromatic nitrogens is 4. The second-order valence-electron chi connectivity index (χ2n) is 7.72. The van der Waals surface area contributed by atoms with Crippen LogP contribution in [0.15, 0.2) is 24.8 Å². The van der Waals surface area contributed by atoms with Crippen molar-refractivity contribution in [2.24, 2.45) is 0 Å². The molecule has 1 aliphatic carbocycles. The third kappa shape index (κ3) is 2.88. The normalized spacial score (nSPS) is 22.1. The topological polar surface area (TPSA) is 64.9 Å². The average Bonchev–Trinajstić information content (AvgIpc) is 3.32. The Morgan fingerprint density at radius 2 is 2.04 bits per heavy atom. The van der Waals surface area contributed by atoms with Crippen molar-refractivity contribution in [1.82, 2.24) is 24.8 Å². The molecule has 1 fully saturated rings. The third-order valence-corrected chi connectivity index (χ3v) is 6.08. The zero-order valence-electron chi connectivity index (χ0n) is 15.9. The molecule has 6 nitrogen and oxygen atoms in total. The summed E-state index contributed by atoms with van der Waals surface area (Å²) >= 11 is 0. The minimum atomic E-state index is 0.228. The molecule has 5 rings (SSSR count). The lowest BCUT2D eigenvalue weighted by molar-refractivity contribution is 0.201. The molecule has 0 bridgehead atoms. The Morgan fingerprint density at radius 3 is 2.96 bits per heavy atom. The van der Waals surface area contributed by atoms with Gasteiger partial charge in [0.1, 0.15) is 23.8 Å². The molecule has 4 heterocycles. The fourth-order valence-corrected chi connectivity index (χ4v) is 4.58. The molecule has 0 radical (unpaired) electrons.